The minimum Gasteiger partial charge on any atom is -0.497 e. The topological polar surface area (TPSA) is 41.5 Å². The highest BCUT2D eigenvalue weighted by Gasteiger charge is 2.27. The summed E-state index contributed by atoms with van der Waals surface area (Å²) in [4.78, 5) is 14.0. The van der Waals surface area contributed by atoms with E-state index >= 15 is 0 Å². The average molecular weight is 411 g/mol. The van der Waals surface area contributed by atoms with Gasteiger partial charge < -0.3 is 9.64 Å². The monoisotopic (exact) mass is 410 g/mol. The highest BCUT2D eigenvalue weighted by molar-refractivity contribution is 5.90. The molecule has 0 atom stereocenters. The summed E-state index contributed by atoms with van der Waals surface area (Å²) in [6.45, 7) is 3.76. The molecule has 0 radical (unpaired) electrons. The zero-order valence-electron chi connectivity index (χ0n) is 17.7. The molecular weight excluding hydrogens is 384 g/mol. The van der Waals surface area contributed by atoms with E-state index in [2.05, 4.69) is 80.4 Å². The van der Waals surface area contributed by atoms with Crippen molar-refractivity contribution >= 4 is 16.7 Å². The number of piperazine rings is 1. The van der Waals surface area contributed by atoms with Crippen LogP contribution in [0.25, 0.3) is 10.9 Å². The van der Waals surface area contributed by atoms with Gasteiger partial charge in [-0.05, 0) is 29.3 Å². The van der Waals surface area contributed by atoms with Gasteiger partial charge in [0, 0.05) is 31.6 Å². The average Bonchev–Trinajstić information content (AvgIpc) is 2.85. The van der Waals surface area contributed by atoms with Gasteiger partial charge in [0.05, 0.1) is 18.7 Å². The van der Waals surface area contributed by atoms with E-state index in [1.807, 2.05) is 18.2 Å². The first-order chi connectivity index (χ1) is 15.3. The number of aromatic nitrogens is 2. The van der Waals surface area contributed by atoms with Gasteiger partial charge in [0.25, 0.3) is 0 Å². The number of fused-ring (bicyclic) bond motifs is 1. The molecule has 1 saturated heterocycles. The van der Waals surface area contributed by atoms with Crippen molar-refractivity contribution in [2.24, 2.45) is 0 Å². The Morgan fingerprint density at radius 1 is 0.774 bits per heavy atom. The Kier molecular flexibility index (Phi) is 5.50. The van der Waals surface area contributed by atoms with Crippen LogP contribution in [0, 0.1) is 0 Å². The van der Waals surface area contributed by atoms with E-state index in [0.717, 1.165) is 48.6 Å². The summed E-state index contributed by atoms with van der Waals surface area (Å²) in [5.41, 5.74) is 3.61. The molecule has 0 unspecified atom stereocenters. The minimum absolute atomic E-state index is 0.256. The van der Waals surface area contributed by atoms with Gasteiger partial charge in [-0.25, -0.2) is 9.97 Å². The van der Waals surface area contributed by atoms with Gasteiger partial charge in [0.2, 0.25) is 0 Å². The standard InChI is InChI=1S/C26H26N4O/c1-31-22-12-13-24-23(18-22)26(28-19-27-24)30-16-14-29(15-17-30)25(20-8-4-2-5-9-20)21-10-6-3-7-11-21/h2-13,18-19,25H,14-17H2,1H3. The molecule has 3 aromatic carbocycles. The summed E-state index contributed by atoms with van der Waals surface area (Å²) in [5, 5.41) is 1.04. The summed E-state index contributed by atoms with van der Waals surface area (Å²) >= 11 is 0. The molecule has 31 heavy (non-hydrogen) atoms. The molecule has 0 bridgehead atoms. The Morgan fingerprint density at radius 3 is 2.03 bits per heavy atom. The molecule has 0 amide bonds. The van der Waals surface area contributed by atoms with Crippen molar-refractivity contribution in [3.05, 3.63) is 96.3 Å². The number of hydrogen-bond acceptors (Lipinski definition) is 5. The molecule has 1 aromatic heterocycles. The molecule has 5 nitrogen and oxygen atoms in total. The van der Waals surface area contributed by atoms with Crippen LogP contribution < -0.4 is 9.64 Å². The van der Waals surface area contributed by atoms with Crippen LogP contribution in [0.15, 0.2) is 85.2 Å². The normalized spacial score (nSPS) is 14.8. The van der Waals surface area contributed by atoms with Gasteiger partial charge in [-0.3, -0.25) is 4.90 Å². The second-order valence-electron chi connectivity index (χ2n) is 7.83. The molecule has 0 spiro atoms. The number of benzene rings is 3. The van der Waals surface area contributed by atoms with Crippen molar-refractivity contribution < 1.29 is 4.74 Å². The maximum Gasteiger partial charge on any atom is 0.140 e. The Hall–Kier alpha value is -3.44. The second kappa shape index (κ2) is 8.74. The lowest BCUT2D eigenvalue weighted by atomic mass is 9.96. The van der Waals surface area contributed by atoms with E-state index in [1.165, 1.54) is 11.1 Å². The van der Waals surface area contributed by atoms with Gasteiger partial charge in [0.15, 0.2) is 0 Å². The molecule has 156 valence electrons. The number of methoxy groups -OCH3 is 1. The van der Waals surface area contributed by atoms with Gasteiger partial charge in [-0.15, -0.1) is 0 Å². The predicted molar refractivity (Wildman–Crippen MR) is 125 cm³/mol. The van der Waals surface area contributed by atoms with Crippen molar-refractivity contribution in [3.63, 3.8) is 0 Å². The lowest BCUT2D eigenvalue weighted by molar-refractivity contribution is 0.212. The largest absolute Gasteiger partial charge is 0.497 e. The number of ether oxygens (including phenoxy) is 1. The molecule has 0 saturated carbocycles. The third kappa shape index (κ3) is 3.97. The van der Waals surface area contributed by atoms with Crippen LogP contribution in [0.1, 0.15) is 17.2 Å². The SMILES string of the molecule is COc1ccc2ncnc(N3CCN(C(c4ccccc4)c4ccccc4)CC3)c2c1. The molecule has 1 aliphatic rings. The third-order valence-corrected chi connectivity index (χ3v) is 6.03. The van der Waals surface area contributed by atoms with Crippen molar-refractivity contribution in [3.8, 4) is 5.75 Å². The summed E-state index contributed by atoms with van der Waals surface area (Å²) in [6.07, 6.45) is 1.66. The molecule has 1 aliphatic heterocycles. The molecule has 5 heteroatoms. The Morgan fingerprint density at radius 2 is 1.42 bits per heavy atom. The van der Waals surface area contributed by atoms with E-state index in [1.54, 1.807) is 13.4 Å². The van der Waals surface area contributed by atoms with E-state index in [4.69, 9.17) is 4.74 Å². The summed E-state index contributed by atoms with van der Waals surface area (Å²) in [6, 6.07) is 27.8. The third-order valence-electron chi connectivity index (χ3n) is 6.03. The highest BCUT2D eigenvalue weighted by atomic mass is 16.5. The first kappa shape index (κ1) is 19.5. The lowest BCUT2D eigenvalue weighted by Crippen LogP contribution is -2.48. The van der Waals surface area contributed by atoms with Crippen LogP contribution in [0.5, 0.6) is 5.75 Å². The van der Waals surface area contributed by atoms with Gasteiger partial charge in [-0.2, -0.15) is 0 Å². The van der Waals surface area contributed by atoms with Gasteiger partial charge >= 0.3 is 0 Å². The fraction of sp³-hybridized carbons (Fsp3) is 0.231. The number of rotatable bonds is 5. The van der Waals surface area contributed by atoms with Crippen molar-refractivity contribution in [2.45, 2.75) is 6.04 Å². The zero-order chi connectivity index (χ0) is 21.0. The van der Waals surface area contributed by atoms with Gasteiger partial charge in [-0.1, -0.05) is 60.7 Å². The Labute approximate surface area is 182 Å². The van der Waals surface area contributed by atoms with Crippen LogP contribution in [0.4, 0.5) is 5.82 Å². The first-order valence-electron chi connectivity index (χ1n) is 10.7. The van der Waals surface area contributed by atoms with Crippen molar-refractivity contribution in [1.82, 2.24) is 14.9 Å². The first-order valence-corrected chi connectivity index (χ1v) is 10.7. The van der Waals surface area contributed by atoms with Crippen LogP contribution in [-0.4, -0.2) is 48.2 Å². The number of anilines is 1. The Bertz CT molecular complexity index is 1100. The molecule has 1 fully saturated rings. The second-order valence-corrected chi connectivity index (χ2v) is 7.83. The smallest absolute Gasteiger partial charge is 0.140 e. The Balaban J connectivity index is 1.41. The van der Waals surface area contributed by atoms with Crippen molar-refractivity contribution in [2.75, 3.05) is 38.2 Å². The minimum atomic E-state index is 0.256. The lowest BCUT2D eigenvalue weighted by Gasteiger charge is -2.40. The summed E-state index contributed by atoms with van der Waals surface area (Å²) in [5.74, 6) is 1.81. The molecule has 4 aromatic rings. The molecular formula is C26H26N4O. The maximum absolute atomic E-state index is 5.43. The van der Waals surface area contributed by atoms with Crippen LogP contribution in [0.2, 0.25) is 0 Å². The maximum atomic E-state index is 5.43. The zero-order valence-corrected chi connectivity index (χ0v) is 17.7. The van der Waals surface area contributed by atoms with E-state index in [9.17, 15) is 0 Å². The van der Waals surface area contributed by atoms with E-state index < -0.39 is 0 Å². The predicted octanol–water partition coefficient (Wildman–Crippen LogP) is 4.55. The summed E-state index contributed by atoms with van der Waals surface area (Å²) in [7, 11) is 1.69. The molecule has 0 aliphatic carbocycles. The fourth-order valence-corrected chi connectivity index (χ4v) is 4.48. The molecule has 2 heterocycles. The summed E-state index contributed by atoms with van der Waals surface area (Å²) < 4.78 is 5.43. The van der Waals surface area contributed by atoms with Crippen LogP contribution in [-0.2, 0) is 0 Å². The molecule has 5 rings (SSSR count). The van der Waals surface area contributed by atoms with Crippen LogP contribution >= 0.6 is 0 Å². The fourth-order valence-electron chi connectivity index (χ4n) is 4.48. The van der Waals surface area contributed by atoms with Crippen LogP contribution in [0.3, 0.4) is 0 Å². The van der Waals surface area contributed by atoms with Gasteiger partial charge in [0.1, 0.15) is 17.9 Å². The number of hydrogen-bond donors (Lipinski definition) is 0. The number of nitrogens with zero attached hydrogens (tertiary/aromatic N) is 4. The van der Waals surface area contributed by atoms with E-state index in [-0.39, 0.29) is 6.04 Å². The highest BCUT2D eigenvalue weighted by Crippen LogP contribution is 2.32. The molecule has 0 N–H and O–H groups in total. The quantitative estimate of drug-likeness (QED) is 0.483. The van der Waals surface area contributed by atoms with Crippen molar-refractivity contribution in [1.29, 1.82) is 0 Å². The van der Waals surface area contributed by atoms with E-state index in [0.29, 0.717) is 0 Å².